The highest BCUT2D eigenvalue weighted by Gasteiger charge is 2.17. The molecule has 0 saturated carbocycles. The number of nitrogens with zero attached hydrogens (tertiary/aromatic N) is 2. The molecular formula is C14H20N2O2. The number of likely N-dealkylation sites (N-methyl/N-ethyl adjacent to an activating group) is 1. The summed E-state index contributed by atoms with van der Waals surface area (Å²) in [5.41, 5.74) is 4.53. The van der Waals surface area contributed by atoms with E-state index in [1.165, 1.54) is 11.3 Å². The normalized spacial score (nSPS) is 15.4. The van der Waals surface area contributed by atoms with E-state index in [9.17, 15) is 4.79 Å². The van der Waals surface area contributed by atoms with Crippen LogP contribution in [0.3, 0.4) is 0 Å². The highest BCUT2D eigenvalue weighted by molar-refractivity contribution is 5.67. The van der Waals surface area contributed by atoms with Gasteiger partial charge in [-0.3, -0.25) is 14.7 Å². The Balaban J connectivity index is 2.20. The van der Waals surface area contributed by atoms with Crippen molar-refractivity contribution in [1.82, 2.24) is 9.88 Å². The van der Waals surface area contributed by atoms with Gasteiger partial charge in [-0.2, -0.15) is 0 Å². The minimum absolute atomic E-state index is 0.179. The standard InChI is InChI=1S/C14H20N2O2/c1-3-16-7-6-13-12(9-16)8-11(10(2)15-13)4-5-14(17)18/h8H,3-7,9H2,1-2H3,(H,17,18). The van der Waals surface area contributed by atoms with E-state index < -0.39 is 5.97 Å². The molecule has 0 saturated heterocycles. The second kappa shape index (κ2) is 5.48. The second-order valence-corrected chi connectivity index (χ2v) is 4.85. The Morgan fingerprint density at radius 1 is 1.56 bits per heavy atom. The lowest BCUT2D eigenvalue weighted by atomic mass is 9.99. The van der Waals surface area contributed by atoms with Gasteiger partial charge in [0, 0.05) is 37.3 Å². The summed E-state index contributed by atoms with van der Waals surface area (Å²) in [6, 6.07) is 2.16. The van der Waals surface area contributed by atoms with Crippen LogP contribution in [0.1, 0.15) is 35.9 Å². The van der Waals surface area contributed by atoms with Crippen molar-refractivity contribution in [2.24, 2.45) is 0 Å². The topological polar surface area (TPSA) is 53.4 Å². The average Bonchev–Trinajstić information content (AvgIpc) is 2.35. The molecule has 2 heterocycles. The third kappa shape index (κ3) is 2.88. The van der Waals surface area contributed by atoms with Crippen molar-refractivity contribution in [1.29, 1.82) is 0 Å². The van der Waals surface area contributed by atoms with Crippen LogP contribution >= 0.6 is 0 Å². The lowest BCUT2D eigenvalue weighted by molar-refractivity contribution is -0.136. The van der Waals surface area contributed by atoms with E-state index in [-0.39, 0.29) is 6.42 Å². The number of aryl methyl sites for hydroxylation is 2. The number of pyridine rings is 1. The van der Waals surface area contributed by atoms with Crippen LogP contribution in [-0.2, 0) is 24.2 Å². The molecule has 0 spiro atoms. The molecule has 0 unspecified atom stereocenters. The van der Waals surface area contributed by atoms with Crippen LogP contribution in [0, 0.1) is 6.92 Å². The first-order chi connectivity index (χ1) is 8.60. The van der Waals surface area contributed by atoms with Crippen LogP contribution < -0.4 is 0 Å². The molecule has 0 fully saturated rings. The summed E-state index contributed by atoms with van der Waals surface area (Å²) in [6.07, 6.45) is 1.76. The van der Waals surface area contributed by atoms with E-state index in [4.69, 9.17) is 5.11 Å². The summed E-state index contributed by atoms with van der Waals surface area (Å²) in [5.74, 6) is -0.748. The molecule has 1 N–H and O–H groups in total. The van der Waals surface area contributed by atoms with Crippen molar-refractivity contribution in [3.63, 3.8) is 0 Å². The summed E-state index contributed by atoms with van der Waals surface area (Å²) in [6.45, 7) is 7.21. The van der Waals surface area contributed by atoms with Gasteiger partial charge in [-0.05, 0) is 31.0 Å². The Morgan fingerprint density at radius 2 is 2.33 bits per heavy atom. The van der Waals surface area contributed by atoms with Crippen molar-refractivity contribution >= 4 is 5.97 Å². The second-order valence-electron chi connectivity index (χ2n) is 4.85. The molecule has 2 rings (SSSR count). The largest absolute Gasteiger partial charge is 0.481 e. The minimum atomic E-state index is -0.748. The first-order valence-corrected chi connectivity index (χ1v) is 6.52. The van der Waals surface area contributed by atoms with Gasteiger partial charge in [-0.25, -0.2) is 0 Å². The Bertz CT molecular complexity index is 457. The summed E-state index contributed by atoms with van der Waals surface area (Å²) in [4.78, 5) is 17.7. The van der Waals surface area contributed by atoms with Crippen molar-refractivity contribution in [2.45, 2.75) is 39.7 Å². The number of carboxylic acids is 1. The van der Waals surface area contributed by atoms with E-state index in [0.29, 0.717) is 6.42 Å². The first-order valence-electron chi connectivity index (χ1n) is 6.52. The maximum absolute atomic E-state index is 10.6. The number of aromatic nitrogens is 1. The molecule has 0 amide bonds. The van der Waals surface area contributed by atoms with Crippen LogP contribution in [-0.4, -0.2) is 34.0 Å². The lowest BCUT2D eigenvalue weighted by Crippen LogP contribution is -2.31. The monoisotopic (exact) mass is 248 g/mol. The quantitative estimate of drug-likeness (QED) is 0.882. The molecule has 1 aromatic heterocycles. The van der Waals surface area contributed by atoms with Gasteiger partial charge in [0.2, 0.25) is 0 Å². The fourth-order valence-corrected chi connectivity index (χ4v) is 2.45. The third-order valence-electron chi connectivity index (χ3n) is 3.60. The zero-order chi connectivity index (χ0) is 13.1. The van der Waals surface area contributed by atoms with Gasteiger partial charge in [0.15, 0.2) is 0 Å². The number of carbonyl (C=O) groups is 1. The molecular weight excluding hydrogens is 228 g/mol. The Hall–Kier alpha value is -1.42. The number of hydrogen-bond donors (Lipinski definition) is 1. The number of carboxylic acid groups (broad SMARTS) is 1. The molecule has 1 aromatic rings. The molecule has 0 aromatic carbocycles. The molecule has 4 nitrogen and oxygen atoms in total. The van der Waals surface area contributed by atoms with E-state index in [0.717, 1.165) is 37.3 Å². The van der Waals surface area contributed by atoms with Gasteiger partial charge in [0.25, 0.3) is 0 Å². The van der Waals surface area contributed by atoms with Crippen molar-refractivity contribution < 1.29 is 9.90 Å². The van der Waals surface area contributed by atoms with E-state index >= 15 is 0 Å². The molecule has 0 atom stereocenters. The van der Waals surface area contributed by atoms with E-state index in [2.05, 4.69) is 22.9 Å². The number of hydrogen-bond acceptors (Lipinski definition) is 3. The van der Waals surface area contributed by atoms with Crippen molar-refractivity contribution in [3.8, 4) is 0 Å². The number of rotatable bonds is 4. The Labute approximate surface area is 108 Å². The average molecular weight is 248 g/mol. The minimum Gasteiger partial charge on any atom is -0.481 e. The predicted molar refractivity (Wildman–Crippen MR) is 69.6 cm³/mol. The van der Waals surface area contributed by atoms with Gasteiger partial charge < -0.3 is 5.11 Å². The fraction of sp³-hybridized carbons (Fsp3) is 0.571. The van der Waals surface area contributed by atoms with Crippen LogP contribution in [0.4, 0.5) is 0 Å². The highest BCUT2D eigenvalue weighted by Crippen LogP contribution is 2.21. The Morgan fingerprint density at radius 3 is 3.00 bits per heavy atom. The van der Waals surface area contributed by atoms with Gasteiger partial charge >= 0.3 is 5.97 Å². The van der Waals surface area contributed by atoms with Crippen LogP contribution in [0.5, 0.6) is 0 Å². The molecule has 0 aliphatic carbocycles. The highest BCUT2D eigenvalue weighted by atomic mass is 16.4. The maximum Gasteiger partial charge on any atom is 0.303 e. The third-order valence-corrected chi connectivity index (χ3v) is 3.60. The molecule has 0 radical (unpaired) electrons. The van der Waals surface area contributed by atoms with Gasteiger partial charge in [-0.15, -0.1) is 0 Å². The molecule has 0 bridgehead atoms. The number of fused-ring (bicyclic) bond motifs is 1. The predicted octanol–water partition coefficient (Wildman–Crippen LogP) is 1.79. The molecule has 4 heteroatoms. The summed E-state index contributed by atoms with van der Waals surface area (Å²) in [5, 5.41) is 8.76. The van der Waals surface area contributed by atoms with Crippen LogP contribution in [0.15, 0.2) is 6.07 Å². The van der Waals surface area contributed by atoms with Gasteiger partial charge in [0.05, 0.1) is 0 Å². The van der Waals surface area contributed by atoms with Gasteiger partial charge in [-0.1, -0.05) is 13.0 Å². The smallest absolute Gasteiger partial charge is 0.303 e. The van der Waals surface area contributed by atoms with Gasteiger partial charge in [0.1, 0.15) is 0 Å². The lowest BCUT2D eigenvalue weighted by Gasteiger charge is -2.27. The zero-order valence-electron chi connectivity index (χ0n) is 11.1. The summed E-state index contributed by atoms with van der Waals surface area (Å²) < 4.78 is 0. The Kier molecular flexibility index (Phi) is 3.97. The van der Waals surface area contributed by atoms with Crippen LogP contribution in [0.25, 0.3) is 0 Å². The first kappa shape index (κ1) is 13.0. The van der Waals surface area contributed by atoms with E-state index in [1.807, 2.05) is 6.92 Å². The van der Waals surface area contributed by atoms with Crippen LogP contribution in [0.2, 0.25) is 0 Å². The molecule has 98 valence electrons. The van der Waals surface area contributed by atoms with Crippen molar-refractivity contribution in [2.75, 3.05) is 13.1 Å². The SMILES string of the molecule is CCN1CCc2nc(C)c(CCC(=O)O)cc2C1. The zero-order valence-corrected chi connectivity index (χ0v) is 11.1. The van der Waals surface area contributed by atoms with E-state index in [1.54, 1.807) is 0 Å². The van der Waals surface area contributed by atoms with Crippen molar-refractivity contribution in [3.05, 3.63) is 28.6 Å². The maximum atomic E-state index is 10.6. The summed E-state index contributed by atoms with van der Waals surface area (Å²) in [7, 11) is 0. The fourth-order valence-electron chi connectivity index (χ4n) is 2.45. The molecule has 1 aliphatic heterocycles. The number of aliphatic carboxylic acids is 1. The molecule has 18 heavy (non-hydrogen) atoms. The summed E-state index contributed by atoms with van der Waals surface area (Å²) >= 11 is 0. The molecule has 1 aliphatic rings.